The topological polar surface area (TPSA) is 102 Å². The molecule has 1 atom stereocenters. The van der Waals surface area contributed by atoms with Gasteiger partial charge in [-0.2, -0.15) is 0 Å². The quantitative estimate of drug-likeness (QED) is 0.302. The maximum Gasteiger partial charge on any atom is 0.319 e. The number of nitrogens with two attached hydrogens (primary N) is 1. The van der Waals surface area contributed by atoms with Crippen LogP contribution < -0.4 is 10.5 Å². The average molecular weight is 568 g/mol. The fraction of sp³-hybridized carbons (Fsp3) is 0.321. The Hall–Kier alpha value is -3.44. The Morgan fingerprint density at radius 1 is 1.13 bits per heavy atom. The van der Waals surface area contributed by atoms with Gasteiger partial charge in [-0.15, -0.1) is 11.3 Å². The number of esters is 1. The zero-order chi connectivity index (χ0) is 27.5. The number of pyridine rings is 1. The summed E-state index contributed by atoms with van der Waals surface area (Å²) >= 11 is 7.64. The summed E-state index contributed by atoms with van der Waals surface area (Å²) in [7, 11) is 1.42. The number of rotatable bonds is 9. The van der Waals surface area contributed by atoms with Crippen LogP contribution in [-0.4, -0.2) is 70.9 Å². The molecule has 5 rings (SSSR count). The van der Waals surface area contributed by atoms with E-state index in [-0.39, 0.29) is 12.1 Å². The third-order valence-corrected chi connectivity index (χ3v) is 8.34. The molecule has 9 nitrogen and oxygen atoms in total. The first-order valence-corrected chi connectivity index (χ1v) is 13.8. The number of piperazine rings is 1. The van der Waals surface area contributed by atoms with E-state index < -0.39 is 5.91 Å². The van der Waals surface area contributed by atoms with Crippen molar-refractivity contribution in [1.29, 1.82) is 0 Å². The lowest BCUT2D eigenvalue weighted by molar-refractivity contribution is -0.142. The summed E-state index contributed by atoms with van der Waals surface area (Å²) < 4.78 is 13.0. The fourth-order valence-corrected chi connectivity index (χ4v) is 5.97. The second-order valence-electron chi connectivity index (χ2n) is 9.49. The molecule has 0 bridgehead atoms. The van der Waals surface area contributed by atoms with Gasteiger partial charge in [0.15, 0.2) is 0 Å². The Labute approximate surface area is 235 Å². The van der Waals surface area contributed by atoms with E-state index in [0.717, 1.165) is 60.1 Å². The molecule has 2 N–H and O–H groups in total. The first kappa shape index (κ1) is 27.1. The lowest BCUT2D eigenvalue weighted by Gasteiger charge is -2.34. The highest BCUT2D eigenvalue weighted by Crippen LogP contribution is 2.39. The molecule has 11 heteroatoms. The van der Waals surface area contributed by atoms with Crippen molar-refractivity contribution in [2.45, 2.75) is 19.6 Å². The van der Waals surface area contributed by atoms with Gasteiger partial charge in [0.05, 0.1) is 30.4 Å². The average Bonchev–Trinajstić information content (AvgIpc) is 3.54. The molecule has 3 aromatic heterocycles. The molecule has 204 valence electrons. The van der Waals surface area contributed by atoms with Crippen LogP contribution in [0.25, 0.3) is 16.2 Å². The minimum Gasteiger partial charge on any atom is -0.484 e. The Kier molecular flexibility index (Phi) is 8.18. The summed E-state index contributed by atoms with van der Waals surface area (Å²) in [5.41, 5.74) is 9.34. The van der Waals surface area contributed by atoms with Crippen molar-refractivity contribution in [2.75, 3.05) is 39.8 Å². The van der Waals surface area contributed by atoms with Crippen molar-refractivity contribution < 1.29 is 19.1 Å². The highest BCUT2D eigenvalue weighted by atomic mass is 35.5. The Balaban J connectivity index is 1.35. The number of ether oxygens (including phenoxy) is 2. The highest BCUT2D eigenvalue weighted by Gasteiger charge is 2.22. The number of benzene rings is 1. The van der Waals surface area contributed by atoms with Crippen molar-refractivity contribution in [3.63, 3.8) is 0 Å². The van der Waals surface area contributed by atoms with E-state index in [2.05, 4.69) is 27.0 Å². The van der Waals surface area contributed by atoms with Crippen LogP contribution >= 0.6 is 22.9 Å². The predicted molar refractivity (Wildman–Crippen MR) is 151 cm³/mol. The number of amides is 1. The molecule has 1 fully saturated rings. The number of hydrogen-bond acceptors (Lipinski definition) is 8. The molecule has 0 unspecified atom stereocenters. The molecular formula is C28H30ClN5O4S. The maximum atomic E-state index is 12.3. The molecule has 39 heavy (non-hydrogen) atoms. The van der Waals surface area contributed by atoms with E-state index in [1.165, 1.54) is 18.4 Å². The summed E-state index contributed by atoms with van der Waals surface area (Å²) in [5, 5.41) is 0.597. The van der Waals surface area contributed by atoms with Crippen LogP contribution in [0.5, 0.6) is 5.75 Å². The van der Waals surface area contributed by atoms with Crippen LogP contribution in [0.4, 0.5) is 0 Å². The second-order valence-corrected chi connectivity index (χ2v) is 10.9. The van der Waals surface area contributed by atoms with Gasteiger partial charge in [-0.05, 0) is 24.6 Å². The number of fused-ring (bicyclic) bond motifs is 1. The minimum absolute atomic E-state index is 0.207. The Bertz CT molecular complexity index is 1490. The summed E-state index contributed by atoms with van der Waals surface area (Å²) in [6.45, 7) is 6.35. The molecule has 0 radical (unpaired) electrons. The molecule has 1 aromatic carbocycles. The summed E-state index contributed by atoms with van der Waals surface area (Å²) in [5.74, 6) is -0.333. The molecule has 0 aliphatic carbocycles. The third-order valence-electron chi connectivity index (χ3n) is 6.84. The van der Waals surface area contributed by atoms with Crippen LogP contribution in [0.1, 0.15) is 33.8 Å². The van der Waals surface area contributed by atoms with Gasteiger partial charge in [-0.25, -0.2) is 4.98 Å². The lowest BCUT2D eigenvalue weighted by Crippen LogP contribution is -2.47. The molecule has 4 heterocycles. The second kappa shape index (κ2) is 11.7. The molecule has 1 saturated heterocycles. The van der Waals surface area contributed by atoms with Gasteiger partial charge in [-0.3, -0.25) is 23.8 Å². The monoisotopic (exact) mass is 567 g/mol. The number of thiophene rings is 1. The normalized spacial score (nSPS) is 15.4. The number of nitrogens with zero attached hydrogens (tertiary/aromatic N) is 4. The van der Waals surface area contributed by atoms with Crippen molar-refractivity contribution in [2.24, 2.45) is 5.73 Å². The van der Waals surface area contributed by atoms with Crippen molar-refractivity contribution in [1.82, 2.24) is 19.2 Å². The summed E-state index contributed by atoms with van der Waals surface area (Å²) in [6.07, 6.45) is 3.50. The number of carbonyl (C=O) groups is 2. The molecule has 0 saturated carbocycles. The van der Waals surface area contributed by atoms with Gasteiger partial charge < -0.3 is 15.2 Å². The number of hydrogen-bond donors (Lipinski definition) is 1. The van der Waals surface area contributed by atoms with E-state index in [1.807, 2.05) is 47.7 Å². The molecular weight excluding hydrogens is 538 g/mol. The number of aromatic nitrogens is 2. The number of carbonyl (C=O) groups excluding carboxylic acids is 2. The van der Waals surface area contributed by atoms with Gasteiger partial charge in [-0.1, -0.05) is 35.9 Å². The number of primary amides is 1. The van der Waals surface area contributed by atoms with Crippen LogP contribution in [0, 0.1) is 0 Å². The number of imidazole rings is 1. The third kappa shape index (κ3) is 6.09. The van der Waals surface area contributed by atoms with Crippen LogP contribution in [0.15, 0.2) is 54.9 Å². The summed E-state index contributed by atoms with van der Waals surface area (Å²) in [4.78, 5) is 34.1. The molecule has 1 aliphatic rings. The zero-order valence-corrected chi connectivity index (χ0v) is 23.4. The molecule has 1 aliphatic heterocycles. The van der Waals surface area contributed by atoms with Crippen LogP contribution in [0.2, 0.25) is 5.02 Å². The number of methoxy groups -OCH3 is 1. The van der Waals surface area contributed by atoms with Gasteiger partial charge in [0.2, 0.25) is 0 Å². The molecule has 1 amide bonds. The smallest absolute Gasteiger partial charge is 0.319 e. The van der Waals surface area contributed by atoms with Crippen molar-refractivity contribution in [3.8, 4) is 16.3 Å². The van der Waals surface area contributed by atoms with Crippen LogP contribution in [0.3, 0.4) is 0 Å². The summed E-state index contributed by atoms with van der Waals surface area (Å²) in [6, 6.07) is 13.4. The zero-order valence-electron chi connectivity index (χ0n) is 21.8. The van der Waals surface area contributed by atoms with E-state index in [4.69, 9.17) is 26.8 Å². The standard InChI is InChI=1S/C28H30ClN5O4S/c1-18(20-5-3-4-6-21(20)29)38-23-13-24(39-27(23)28(30)36)22-14-31-25-8-7-19(16-34(22)25)15-32-9-11-33(12-10-32)17-26(35)37-2/h3-8,13-14,16,18H,9-12,15,17H2,1-2H3,(H2,30,36)/t18-/m1/s1. The maximum absolute atomic E-state index is 12.3. The van der Waals surface area contributed by atoms with Gasteiger partial charge in [0, 0.05) is 55.6 Å². The fourth-order valence-electron chi connectivity index (χ4n) is 4.73. The molecule has 0 spiro atoms. The van der Waals surface area contributed by atoms with Gasteiger partial charge in [0.1, 0.15) is 22.4 Å². The SMILES string of the molecule is COC(=O)CN1CCN(Cc2ccc3ncc(-c4cc(O[C@H](C)c5ccccc5Cl)c(C(N)=O)s4)n3c2)CC1. The van der Waals surface area contributed by atoms with E-state index in [0.29, 0.717) is 22.2 Å². The van der Waals surface area contributed by atoms with Crippen LogP contribution in [-0.2, 0) is 16.1 Å². The minimum atomic E-state index is -0.548. The lowest BCUT2D eigenvalue weighted by atomic mass is 10.1. The largest absolute Gasteiger partial charge is 0.484 e. The first-order valence-electron chi connectivity index (χ1n) is 12.6. The molecule has 4 aromatic rings. The van der Waals surface area contributed by atoms with Gasteiger partial charge in [0.25, 0.3) is 5.91 Å². The Morgan fingerprint density at radius 2 is 1.87 bits per heavy atom. The Morgan fingerprint density at radius 3 is 2.59 bits per heavy atom. The number of halogens is 1. The van der Waals surface area contributed by atoms with Crippen molar-refractivity contribution in [3.05, 3.63) is 75.9 Å². The van der Waals surface area contributed by atoms with Gasteiger partial charge >= 0.3 is 5.97 Å². The first-order chi connectivity index (χ1) is 18.8. The van der Waals surface area contributed by atoms with E-state index in [1.54, 1.807) is 6.20 Å². The van der Waals surface area contributed by atoms with Crippen molar-refractivity contribution >= 4 is 40.5 Å². The predicted octanol–water partition coefficient (Wildman–Crippen LogP) is 4.25. The van der Waals surface area contributed by atoms with E-state index in [9.17, 15) is 9.59 Å². The van der Waals surface area contributed by atoms with E-state index >= 15 is 0 Å². The highest BCUT2D eigenvalue weighted by molar-refractivity contribution is 7.17.